The minimum atomic E-state index is 0.734. The van der Waals surface area contributed by atoms with E-state index in [-0.39, 0.29) is 0 Å². The summed E-state index contributed by atoms with van der Waals surface area (Å²) >= 11 is 0. The van der Waals surface area contributed by atoms with E-state index in [0.717, 1.165) is 30.2 Å². The number of nitrogens with one attached hydrogen (secondary N) is 1. The van der Waals surface area contributed by atoms with E-state index in [1.807, 2.05) is 13.1 Å². The first kappa shape index (κ1) is 10.8. The fourth-order valence-electron chi connectivity index (χ4n) is 1.38. The summed E-state index contributed by atoms with van der Waals surface area (Å²) in [5, 5.41) is 7.42. The zero-order valence-corrected chi connectivity index (χ0v) is 9.51. The van der Waals surface area contributed by atoms with Crippen molar-refractivity contribution in [3.05, 3.63) is 36.0 Å². The molecule has 0 atom stereocenters. The van der Waals surface area contributed by atoms with Gasteiger partial charge in [0.05, 0.1) is 18.1 Å². The van der Waals surface area contributed by atoms with Crippen LogP contribution < -0.4 is 5.32 Å². The van der Waals surface area contributed by atoms with Crippen molar-refractivity contribution in [2.45, 2.75) is 20.4 Å². The zero-order chi connectivity index (χ0) is 11.4. The van der Waals surface area contributed by atoms with Gasteiger partial charge in [-0.25, -0.2) is 9.67 Å². The molecule has 0 aliphatic rings. The molecule has 0 aliphatic carbocycles. The van der Waals surface area contributed by atoms with Crippen LogP contribution >= 0.6 is 0 Å². The molecule has 2 rings (SSSR count). The predicted molar refractivity (Wildman–Crippen MR) is 61.3 cm³/mol. The molecule has 84 valence electrons. The molecule has 0 bridgehead atoms. The number of aromatic nitrogens is 4. The molecule has 2 heterocycles. The summed E-state index contributed by atoms with van der Waals surface area (Å²) in [7, 11) is 0. The van der Waals surface area contributed by atoms with Gasteiger partial charge in [0.25, 0.3) is 0 Å². The first-order chi connectivity index (χ1) is 7.79. The van der Waals surface area contributed by atoms with Crippen LogP contribution in [0, 0.1) is 6.92 Å². The average molecular weight is 217 g/mol. The lowest BCUT2D eigenvalue weighted by Crippen LogP contribution is -2.14. The maximum atomic E-state index is 4.47. The van der Waals surface area contributed by atoms with Gasteiger partial charge in [0.2, 0.25) is 0 Å². The van der Waals surface area contributed by atoms with Crippen molar-refractivity contribution in [3.8, 4) is 5.82 Å². The van der Waals surface area contributed by atoms with Crippen molar-refractivity contribution in [2.75, 3.05) is 6.54 Å². The third-order valence-electron chi connectivity index (χ3n) is 2.17. The molecule has 1 N–H and O–H groups in total. The van der Waals surface area contributed by atoms with E-state index in [1.165, 1.54) is 0 Å². The number of aryl methyl sites for hydroxylation is 1. The van der Waals surface area contributed by atoms with Crippen LogP contribution in [-0.4, -0.2) is 26.3 Å². The van der Waals surface area contributed by atoms with E-state index in [9.17, 15) is 0 Å². The van der Waals surface area contributed by atoms with Crippen LogP contribution in [0.3, 0.4) is 0 Å². The monoisotopic (exact) mass is 217 g/mol. The Hall–Kier alpha value is -1.75. The van der Waals surface area contributed by atoms with E-state index in [4.69, 9.17) is 0 Å². The molecular formula is C11H15N5. The Morgan fingerprint density at radius 1 is 1.31 bits per heavy atom. The molecule has 0 aromatic carbocycles. The molecule has 0 fully saturated rings. The maximum absolute atomic E-state index is 4.47. The molecule has 2 aromatic rings. The highest BCUT2D eigenvalue weighted by atomic mass is 15.3. The van der Waals surface area contributed by atoms with Gasteiger partial charge in [-0.15, -0.1) is 0 Å². The van der Waals surface area contributed by atoms with Gasteiger partial charge in [-0.1, -0.05) is 6.92 Å². The Bertz CT molecular complexity index is 463. The van der Waals surface area contributed by atoms with E-state index in [0.29, 0.717) is 0 Å². The van der Waals surface area contributed by atoms with Gasteiger partial charge in [0, 0.05) is 18.9 Å². The number of nitrogens with zero attached hydrogens (tertiary/aromatic N) is 4. The van der Waals surface area contributed by atoms with Crippen LogP contribution in [-0.2, 0) is 6.54 Å². The lowest BCUT2D eigenvalue weighted by Gasteiger charge is -2.03. The molecule has 5 heteroatoms. The number of rotatable bonds is 4. The molecule has 0 amide bonds. The van der Waals surface area contributed by atoms with Crippen LogP contribution in [0.15, 0.2) is 24.8 Å². The summed E-state index contributed by atoms with van der Waals surface area (Å²) in [5.41, 5.74) is 2.03. The molecule has 0 unspecified atom stereocenters. The molecule has 0 spiro atoms. The van der Waals surface area contributed by atoms with Crippen molar-refractivity contribution >= 4 is 0 Å². The fourth-order valence-corrected chi connectivity index (χ4v) is 1.38. The smallest absolute Gasteiger partial charge is 0.172 e. The second-order valence-electron chi connectivity index (χ2n) is 3.61. The first-order valence-corrected chi connectivity index (χ1v) is 5.33. The normalized spacial score (nSPS) is 10.6. The maximum Gasteiger partial charge on any atom is 0.172 e. The summed E-state index contributed by atoms with van der Waals surface area (Å²) in [6.45, 7) is 5.72. The second-order valence-corrected chi connectivity index (χ2v) is 3.61. The highest BCUT2D eigenvalue weighted by Gasteiger charge is 2.01. The topological polar surface area (TPSA) is 55.6 Å². The summed E-state index contributed by atoms with van der Waals surface area (Å²) in [6.07, 6.45) is 7.21. The van der Waals surface area contributed by atoms with Crippen LogP contribution in [0.4, 0.5) is 0 Å². The van der Waals surface area contributed by atoms with Gasteiger partial charge < -0.3 is 5.32 Å². The van der Waals surface area contributed by atoms with E-state index in [1.54, 1.807) is 23.3 Å². The molecule has 0 radical (unpaired) electrons. The number of hydrogen-bond acceptors (Lipinski definition) is 4. The largest absolute Gasteiger partial charge is 0.311 e. The standard InChI is InChI=1S/C11H15N5/c1-3-12-5-10-6-13-7-11(15-10)16-8-9(2)4-14-16/h4,6-8,12H,3,5H2,1-2H3. The predicted octanol–water partition coefficient (Wildman–Crippen LogP) is 1.08. The molecule has 0 saturated heterocycles. The van der Waals surface area contributed by atoms with Crippen molar-refractivity contribution in [1.82, 2.24) is 25.1 Å². The number of hydrogen-bond donors (Lipinski definition) is 1. The van der Waals surface area contributed by atoms with Crippen LogP contribution in [0.1, 0.15) is 18.2 Å². The second kappa shape index (κ2) is 4.85. The quantitative estimate of drug-likeness (QED) is 0.832. The Morgan fingerprint density at radius 2 is 2.19 bits per heavy atom. The molecular weight excluding hydrogens is 202 g/mol. The van der Waals surface area contributed by atoms with E-state index in [2.05, 4.69) is 27.3 Å². The Morgan fingerprint density at radius 3 is 2.88 bits per heavy atom. The third kappa shape index (κ3) is 2.43. The lowest BCUT2D eigenvalue weighted by atomic mass is 10.4. The zero-order valence-electron chi connectivity index (χ0n) is 9.51. The summed E-state index contributed by atoms with van der Waals surface area (Å²) in [6, 6.07) is 0. The van der Waals surface area contributed by atoms with Crippen molar-refractivity contribution in [2.24, 2.45) is 0 Å². The lowest BCUT2D eigenvalue weighted by molar-refractivity contribution is 0.699. The first-order valence-electron chi connectivity index (χ1n) is 5.33. The van der Waals surface area contributed by atoms with E-state index < -0.39 is 0 Å². The summed E-state index contributed by atoms with van der Waals surface area (Å²) in [5.74, 6) is 0.753. The Kier molecular flexibility index (Phi) is 3.26. The Balaban J connectivity index is 2.22. The molecule has 0 saturated carbocycles. The van der Waals surface area contributed by atoms with E-state index >= 15 is 0 Å². The van der Waals surface area contributed by atoms with Gasteiger partial charge in [-0.2, -0.15) is 5.10 Å². The van der Waals surface area contributed by atoms with Crippen LogP contribution in [0.25, 0.3) is 5.82 Å². The van der Waals surface area contributed by atoms with Gasteiger partial charge in [-0.3, -0.25) is 4.98 Å². The molecule has 2 aromatic heterocycles. The summed E-state index contributed by atoms with van der Waals surface area (Å²) in [4.78, 5) is 8.63. The SMILES string of the molecule is CCNCc1cncc(-n2cc(C)cn2)n1. The molecule has 0 aliphatic heterocycles. The fraction of sp³-hybridized carbons (Fsp3) is 0.364. The van der Waals surface area contributed by atoms with Gasteiger partial charge >= 0.3 is 0 Å². The van der Waals surface area contributed by atoms with Crippen molar-refractivity contribution < 1.29 is 0 Å². The highest BCUT2D eigenvalue weighted by Crippen LogP contribution is 2.04. The van der Waals surface area contributed by atoms with Gasteiger partial charge in [0.15, 0.2) is 5.82 Å². The molecule has 16 heavy (non-hydrogen) atoms. The Labute approximate surface area is 94.5 Å². The third-order valence-corrected chi connectivity index (χ3v) is 2.17. The average Bonchev–Trinajstić information content (AvgIpc) is 2.74. The van der Waals surface area contributed by atoms with Crippen LogP contribution in [0.5, 0.6) is 0 Å². The molecule has 5 nitrogen and oxygen atoms in total. The van der Waals surface area contributed by atoms with Crippen molar-refractivity contribution in [1.29, 1.82) is 0 Å². The van der Waals surface area contributed by atoms with Crippen LogP contribution in [0.2, 0.25) is 0 Å². The minimum Gasteiger partial charge on any atom is -0.311 e. The van der Waals surface area contributed by atoms with Gasteiger partial charge in [0.1, 0.15) is 0 Å². The minimum absolute atomic E-state index is 0.734. The van der Waals surface area contributed by atoms with Crippen molar-refractivity contribution in [3.63, 3.8) is 0 Å². The van der Waals surface area contributed by atoms with Gasteiger partial charge in [-0.05, 0) is 19.0 Å². The summed E-state index contributed by atoms with van der Waals surface area (Å²) < 4.78 is 1.73. The highest BCUT2D eigenvalue weighted by molar-refractivity contribution is 5.20.